The van der Waals surface area contributed by atoms with Gasteiger partial charge in [0.2, 0.25) is 0 Å². The van der Waals surface area contributed by atoms with Gasteiger partial charge in [0.15, 0.2) is 11.5 Å². The van der Waals surface area contributed by atoms with E-state index in [1.54, 1.807) is 13.3 Å². The van der Waals surface area contributed by atoms with Gasteiger partial charge in [-0.2, -0.15) is 5.10 Å². The first-order valence-corrected chi connectivity index (χ1v) is 11.0. The molecule has 5 aromatic rings. The van der Waals surface area contributed by atoms with E-state index in [0.29, 0.717) is 18.1 Å². The van der Waals surface area contributed by atoms with Crippen molar-refractivity contribution >= 4 is 35.2 Å². The molecule has 2 N–H and O–H groups in total. The fraction of sp³-hybridized carbons (Fsp3) is 0.0714. The third kappa shape index (κ3) is 5.07. The summed E-state index contributed by atoms with van der Waals surface area (Å²) in [5.74, 6) is 1.35. The van der Waals surface area contributed by atoms with Gasteiger partial charge >= 0.3 is 0 Å². The lowest BCUT2D eigenvalue weighted by Crippen LogP contribution is -1.99. The molecular weight excluding hydrogens is 424 g/mol. The van der Waals surface area contributed by atoms with E-state index in [1.807, 2.05) is 66.9 Å². The number of fused-ring (bicyclic) bond motifs is 1. The van der Waals surface area contributed by atoms with E-state index in [1.165, 1.54) is 5.39 Å². The van der Waals surface area contributed by atoms with Crippen molar-refractivity contribution in [1.29, 1.82) is 0 Å². The maximum absolute atomic E-state index is 5.88. The Morgan fingerprint density at radius 3 is 2.62 bits per heavy atom. The van der Waals surface area contributed by atoms with Gasteiger partial charge in [-0.25, -0.2) is 0 Å². The van der Waals surface area contributed by atoms with E-state index in [9.17, 15) is 0 Å². The quantitative estimate of drug-likeness (QED) is 0.296. The Labute approximate surface area is 197 Å². The molecule has 0 radical (unpaired) electrons. The summed E-state index contributed by atoms with van der Waals surface area (Å²) in [5.41, 5.74) is 5.90. The van der Waals surface area contributed by atoms with E-state index in [2.05, 4.69) is 50.5 Å². The van der Waals surface area contributed by atoms with Crippen LogP contribution in [0.3, 0.4) is 0 Å². The van der Waals surface area contributed by atoms with Crippen molar-refractivity contribution in [3.05, 3.63) is 107 Å². The second kappa shape index (κ2) is 9.92. The van der Waals surface area contributed by atoms with Crippen LogP contribution in [-0.4, -0.2) is 27.3 Å². The first-order valence-electron chi connectivity index (χ1n) is 11.0. The molecule has 0 unspecified atom stereocenters. The Hall–Kier alpha value is -4.58. The Kier molecular flexibility index (Phi) is 6.21. The minimum absolute atomic E-state index is 0.385. The molecular formula is C28H24N4O2. The maximum atomic E-state index is 5.88. The molecule has 2 aromatic carbocycles. The number of methoxy groups -OCH3 is 1. The van der Waals surface area contributed by atoms with Crippen molar-refractivity contribution in [3.8, 4) is 11.5 Å². The molecule has 0 aliphatic carbocycles. The molecule has 0 saturated heterocycles. The third-order valence-corrected chi connectivity index (χ3v) is 5.39. The number of pyridine rings is 1. The average Bonchev–Trinajstić information content (AvgIpc) is 3.55. The Morgan fingerprint density at radius 1 is 0.853 bits per heavy atom. The molecule has 6 nitrogen and oxygen atoms in total. The van der Waals surface area contributed by atoms with Crippen LogP contribution in [0.2, 0.25) is 0 Å². The van der Waals surface area contributed by atoms with Crippen LogP contribution in [0.15, 0.2) is 79.1 Å². The van der Waals surface area contributed by atoms with Gasteiger partial charge < -0.3 is 14.5 Å². The van der Waals surface area contributed by atoms with Crippen LogP contribution in [0.25, 0.3) is 35.2 Å². The Balaban J connectivity index is 1.24. The van der Waals surface area contributed by atoms with Crippen molar-refractivity contribution in [1.82, 2.24) is 20.2 Å². The van der Waals surface area contributed by atoms with E-state index < -0.39 is 0 Å². The molecule has 0 saturated carbocycles. The van der Waals surface area contributed by atoms with Crippen molar-refractivity contribution in [2.75, 3.05) is 7.11 Å². The van der Waals surface area contributed by atoms with E-state index in [4.69, 9.17) is 9.47 Å². The smallest absolute Gasteiger partial charge is 0.161 e. The molecule has 0 spiro atoms. The Morgan fingerprint density at radius 2 is 1.74 bits per heavy atom. The fourth-order valence-electron chi connectivity index (χ4n) is 3.61. The minimum Gasteiger partial charge on any atom is -0.493 e. The lowest BCUT2D eigenvalue weighted by atomic mass is 10.1. The van der Waals surface area contributed by atoms with Gasteiger partial charge in [-0.1, -0.05) is 30.4 Å². The van der Waals surface area contributed by atoms with Gasteiger partial charge in [0, 0.05) is 17.9 Å². The molecule has 5 rings (SSSR count). The molecule has 3 heterocycles. The van der Waals surface area contributed by atoms with E-state index in [-0.39, 0.29) is 0 Å². The second-order valence-electron chi connectivity index (χ2n) is 7.76. The van der Waals surface area contributed by atoms with Crippen LogP contribution < -0.4 is 9.47 Å². The van der Waals surface area contributed by atoms with Crippen molar-refractivity contribution in [2.45, 2.75) is 6.61 Å². The summed E-state index contributed by atoms with van der Waals surface area (Å²) < 4.78 is 11.4. The van der Waals surface area contributed by atoms with E-state index in [0.717, 1.165) is 33.7 Å². The molecule has 0 amide bonds. The predicted molar refractivity (Wildman–Crippen MR) is 136 cm³/mol. The topological polar surface area (TPSA) is 75.8 Å². The number of hydrogen-bond acceptors (Lipinski definition) is 4. The van der Waals surface area contributed by atoms with Crippen LogP contribution in [0.4, 0.5) is 0 Å². The highest BCUT2D eigenvalue weighted by Crippen LogP contribution is 2.29. The molecule has 0 atom stereocenters. The van der Waals surface area contributed by atoms with Gasteiger partial charge in [0.25, 0.3) is 0 Å². The Bertz CT molecular complexity index is 1450. The number of aromatic nitrogens is 4. The minimum atomic E-state index is 0.385. The van der Waals surface area contributed by atoms with Crippen LogP contribution in [0, 0.1) is 0 Å². The van der Waals surface area contributed by atoms with E-state index >= 15 is 0 Å². The molecule has 6 heteroatoms. The monoisotopic (exact) mass is 448 g/mol. The zero-order valence-corrected chi connectivity index (χ0v) is 18.7. The summed E-state index contributed by atoms with van der Waals surface area (Å²) in [6.45, 7) is 0.385. The van der Waals surface area contributed by atoms with Gasteiger partial charge in [0.05, 0.1) is 24.2 Å². The number of nitrogens with zero attached hydrogens (tertiary/aromatic N) is 2. The third-order valence-electron chi connectivity index (χ3n) is 5.39. The molecule has 0 bridgehead atoms. The number of rotatable bonds is 8. The van der Waals surface area contributed by atoms with Gasteiger partial charge in [-0.3, -0.25) is 10.1 Å². The molecule has 0 aliphatic rings. The maximum Gasteiger partial charge on any atom is 0.161 e. The number of ether oxygens (including phenoxy) is 2. The lowest BCUT2D eigenvalue weighted by Gasteiger charge is -2.11. The summed E-state index contributed by atoms with van der Waals surface area (Å²) in [6, 6.07) is 22.0. The SMILES string of the molecule is COc1cc(C=Cc2cc(C=Cc3ccc4[nH]ccc4c3)n[nH]2)ccc1OCc1ccccn1. The zero-order valence-electron chi connectivity index (χ0n) is 18.7. The standard InChI is InChI=1S/C28H24N4O2/c1-33-28-17-21(8-12-27(28)34-19-25-4-2-3-14-29-25)6-10-24-18-23(31-32-24)9-5-20-7-11-26-22(16-20)13-15-30-26/h2-18,30H,19H2,1H3,(H,31,32). The van der Waals surface area contributed by atoms with Gasteiger partial charge in [0.1, 0.15) is 6.61 Å². The molecule has 0 aliphatic heterocycles. The summed E-state index contributed by atoms with van der Waals surface area (Å²) in [5, 5.41) is 8.63. The normalized spacial score (nSPS) is 11.6. The molecule has 0 fully saturated rings. The van der Waals surface area contributed by atoms with Crippen LogP contribution in [-0.2, 0) is 6.61 Å². The summed E-state index contributed by atoms with van der Waals surface area (Å²) in [6.07, 6.45) is 11.7. The first-order chi connectivity index (χ1) is 16.8. The highest BCUT2D eigenvalue weighted by molar-refractivity contribution is 5.83. The largest absolute Gasteiger partial charge is 0.493 e. The predicted octanol–water partition coefficient (Wildman–Crippen LogP) is 6.21. The van der Waals surface area contributed by atoms with Crippen molar-refractivity contribution < 1.29 is 9.47 Å². The lowest BCUT2D eigenvalue weighted by molar-refractivity contribution is 0.280. The van der Waals surface area contributed by atoms with Crippen molar-refractivity contribution in [2.24, 2.45) is 0 Å². The van der Waals surface area contributed by atoms with Gasteiger partial charge in [-0.05, 0) is 77.2 Å². The highest BCUT2D eigenvalue weighted by Gasteiger charge is 2.06. The van der Waals surface area contributed by atoms with Crippen LogP contribution in [0.5, 0.6) is 11.5 Å². The number of hydrogen-bond donors (Lipinski definition) is 2. The molecule has 3 aromatic heterocycles. The van der Waals surface area contributed by atoms with Crippen molar-refractivity contribution in [3.63, 3.8) is 0 Å². The number of benzene rings is 2. The van der Waals surface area contributed by atoms with Crippen LogP contribution in [0.1, 0.15) is 28.2 Å². The summed E-state index contributed by atoms with van der Waals surface area (Å²) in [4.78, 5) is 7.49. The average molecular weight is 449 g/mol. The van der Waals surface area contributed by atoms with Crippen LogP contribution >= 0.6 is 0 Å². The number of nitrogens with one attached hydrogen (secondary N) is 2. The fourth-order valence-corrected chi connectivity index (χ4v) is 3.61. The molecule has 34 heavy (non-hydrogen) atoms. The molecule has 168 valence electrons. The number of aromatic amines is 2. The first kappa shape index (κ1) is 21.3. The summed E-state index contributed by atoms with van der Waals surface area (Å²) >= 11 is 0. The summed E-state index contributed by atoms with van der Waals surface area (Å²) in [7, 11) is 1.64. The van der Waals surface area contributed by atoms with Gasteiger partial charge in [-0.15, -0.1) is 0 Å². The number of H-pyrrole nitrogens is 2. The highest BCUT2D eigenvalue weighted by atomic mass is 16.5. The second-order valence-corrected chi connectivity index (χ2v) is 7.76. The zero-order chi connectivity index (χ0) is 23.2.